The number of nitrogens with two attached hydrogens (primary N) is 1. The summed E-state index contributed by atoms with van der Waals surface area (Å²) < 4.78 is 5.80. The molecular weight excluding hydrogens is 232 g/mol. The number of hydrogen-bond acceptors (Lipinski definition) is 4. The summed E-state index contributed by atoms with van der Waals surface area (Å²) in [5.41, 5.74) is 5.91. The minimum Gasteiger partial charge on any atom is -0.375 e. The van der Waals surface area contributed by atoms with E-state index in [0.717, 1.165) is 43.5 Å². The Labute approximate surface area is 110 Å². The Morgan fingerprint density at radius 3 is 2.88 bits per heavy atom. The second-order valence-corrected chi connectivity index (χ2v) is 6.43. The van der Waals surface area contributed by atoms with Crippen molar-refractivity contribution in [2.45, 2.75) is 39.3 Å². The molecule has 0 aromatic rings. The first-order valence-electron chi connectivity index (χ1n) is 6.79. The van der Waals surface area contributed by atoms with Gasteiger partial charge in [0.2, 0.25) is 0 Å². The average Bonchev–Trinajstić information content (AvgIpc) is 2.28. The number of hydrogen-bond donors (Lipinski definition) is 1. The van der Waals surface area contributed by atoms with Crippen LogP contribution < -0.4 is 5.73 Å². The molecule has 1 saturated heterocycles. The highest BCUT2D eigenvalue weighted by Gasteiger charge is 2.20. The first kappa shape index (κ1) is 15.3. The van der Waals surface area contributed by atoms with Crippen molar-refractivity contribution in [3.05, 3.63) is 0 Å². The fourth-order valence-corrected chi connectivity index (χ4v) is 3.17. The Kier molecular flexibility index (Phi) is 7.51. The van der Waals surface area contributed by atoms with E-state index in [9.17, 15) is 0 Å². The van der Waals surface area contributed by atoms with Gasteiger partial charge in [0, 0.05) is 37.2 Å². The van der Waals surface area contributed by atoms with Crippen LogP contribution in [-0.2, 0) is 4.74 Å². The molecule has 1 aliphatic heterocycles. The van der Waals surface area contributed by atoms with Gasteiger partial charge >= 0.3 is 0 Å². The lowest BCUT2D eigenvalue weighted by molar-refractivity contribution is -0.0191. The third-order valence-corrected chi connectivity index (χ3v) is 4.28. The van der Waals surface area contributed by atoms with Gasteiger partial charge in [0.25, 0.3) is 0 Å². The second-order valence-electron chi connectivity index (χ2n) is 5.35. The Morgan fingerprint density at radius 1 is 1.47 bits per heavy atom. The summed E-state index contributed by atoms with van der Waals surface area (Å²) in [6, 6.07) is 0.343. The smallest absolute Gasteiger partial charge is 0.0792 e. The van der Waals surface area contributed by atoms with E-state index in [4.69, 9.17) is 10.5 Å². The molecule has 0 bridgehead atoms. The zero-order valence-electron chi connectivity index (χ0n) is 11.5. The molecule has 1 fully saturated rings. The van der Waals surface area contributed by atoms with Gasteiger partial charge in [-0.25, -0.2) is 0 Å². The molecule has 2 N–H and O–H groups in total. The number of thioether (sulfide) groups is 1. The van der Waals surface area contributed by atoms with Crippen molar-refractivity contribution < 1.29 is 4.74 Å². The van der Waals surface area contributed by atoms with E-state index >= 15 is 0 Å². The molecule has 0 spiro atoms. The molecular formula is C13H28N2OS. The average molecular weight is 260 g/mol. The van der Waals surface area contributed by atoms with Crippen LogP contribution in [-0.4, -0.2) is 54.8 Å². The zero-order valence-corrected chi connectivity index (χ0v) is 12.3. The summed E-state index contributed by atoms with van der Waals surface area (Å²) in [5, 5.41) is 0. The standard InChI is InChI=1S/C13H28N2OS/c1-4-12(14)9-17-10-13-8-15(5-6-16-13)7-11(2)3/h11-13H,4-10,14H2,1-3H3. The Bertz CT molecular complexity index is 202. The van der Waals surface area contributed by atoms with Gasteiger partial charge in [0.1, 0.15) is 0 Å². The van der Waals surface area contributed by atoms with E-state index < -0.39 is 0 Å². The summed E-state index contributed by atoms with van der Waals surface area (Å²) in [6.45, 7) is 11.0. The van der Waals surface area contributed by atoms with Crippen molar-refractivity contribution in [2.75, 3.05) is 37.7 Å². The predicted molar refractivity (Wildman–Crippen MR) is 76.6 cm³/mol. The van der Waals surface area contributed by atoms with Gasteiger partial charge in [-0.05, 0) is 12.3 Å². The van der Waals surface area contributed by atoms with Crippen LogP contribution in [0.1, 0.15) is 27.2 Å². The van der Waals surface area contributed by atoms with Crippen LogP contribution in [0.15, 0.2) is 0 Å². The predicted octanol–water partition coefficient (Wildman–Crippen LogP) is 1.81. The molecule has 4 heteroatoms. The van der Waals surface area contributed by atoms with Crippen molar-refractivity contribution in [1.82, 2.24) is 4.90 Å². The van der Waals surface area contributed by atoms with Gasteiger partial charge in [-0.3, -0.25) is 4.90 Å². The molecule has 1 heterocycles. The van der Waals surface area contributed by atoms with Gasteiger partial charge in [0.05, 0.1) is 12.7 Å². The molecule has 1 rings (SSSR count). The lowest BCUT2D eigenvalue weighted by atomic mass is 10.2. The minimum absolute atomic E-state index is 0.343. The van der Waals surface area contributed by atoms with E-state index in [1.54, 1.807) is 0 Å². The van der Waals surface area contributed by atoms with Crippen molar-refractivity contribution in [2.24, 2.45) is 11.7 Å². The highest BCUT2D eigenvalue weighted by Crippen LogP contribution is 2.13. The fraction of sp³-hybridized carbons (Fsp3) is 1.00. The maximum absolute atomic E-state index is 5.91. The van der Waals surface area contributed by atoms with Crippen LogP contribution in [0.2, 0.25) is 0 Å². The van der Waals surface area contributed by atoms with E-state index in [0.29, 0.717) is 12.1 Å². The molecule has 2 unspecified atom stereocenters. The Balaban J connectivity index is 2.16. The molecule has 17 heavy (non-hydrogen) atoms. The summed E-state index contributed by atoms with van der Waals surface area (Å²) in [7, 11) is 0. The first-order valence-corrected chi connectivity index (χ1v) is 7.94. The van der Waals surface area contributed by atoms with Crippen molar-refractivity contribution in [3.8, 4) is 0 Å². The lowest BCUT2D eigenvalue weighted by Crippen LogP contribution is -2.45. The van der Waals surface area contributed by atoms with Gasteiger partial charge < -0.3 is 10.5 Å². The van der Waals surface area contributed by atoms with Gasteiger partial charge in [0.15, 0.2) is 0 Å². The zero-order chi connectivity index (χ0) is 12.7. The molecule has 2 atom stereocenters. The lowest BCUT2D eigenvalue weighted by Gasteiger charge is -2.33. The summed E-state index contributed by atoms with van der Waals surface area (Å²) in [4.78, 5) is 2.53. The van der Waals surface area contributed by atoms with E-state index in [-0.39, 0.29) is 0 Å². The summed E-state index contributed by atoms with van der Waals surface area (Å²) in [6.07, 6.45) is 1.47. The second kappa shape index (κ2) is 8.35. The largest absolute Gasteiger partial charge is 0.375 e. The molecule has 0 amide bonds. The minimum atomic E-state index is 0.343. The van der Waals surface area contributed by atoms with Crippen molar-refractivity contribution >= 4 is 11.8 Å². The fourth-order valence-electron chi connectivity index (χ4n) is 2.03. The molecule has 102 valence electrons. The maximum atomic E-state index is 5.91. The van der Waals surface area contributed by atoms with E-state index in [1.807, 2.05) is 11.8 Å². The number of morpholine rings is 1. The highest BCUT2D eigenvalue weighted by molar-refractivity contribution is 7.99. The maximum Gasteiger partial charge on any atom is 0.0792 e. The molecule has 0 radical (unpaired) electrons. The van der Waals surface area contributed by atoms with Crippen LogP contribution in [0.4, 0.5) is 0 Å². The third-order valence-electron chi connectivity index (χ3n) is 3.01. The van der Waals surface area contributed by atoms with Crippen molar-refractivity contribution in [3.63, 3.8) is 0 Å². The van der Waals surface area contributed by atoms with Gasteiger partial charge in [-0.2, -0.15) is 11.8 Å². The van der Waals surface area contributed by atoms with E-state index in [1.165, 1.54) is 6.54 Å². The number of rotatable bonds is 7. The highest BCUT2D eigenvalue weighted by atomic mass is 32.2. The molecule has 0 saturated carbocycles. The molecule has 3 nitrogen and oxygen atoms in total. The van der Waals surface area contributed by atoms with Crippen LogP contribution in [0.3, 0.4) is 0 Å². The molecule has 0 aromatic heterocycles. The SMILES string of the molecule is CCC(N)CSCC1CN(CC(C)C)CCO1. The Hall–Kier alpha value is 0.230. The van der Waals surface area contributed by atoms with Crippen LogP contribution >= 0.6 is 11.8 Å². The normalized spacial score (nSPS) is 24.2. The number of ether oxygens (including phenoxy) is 1. The van der Waals surface area contributed by atoms with E-state index in [2.05, 4.69) is 25.7 Å². The van der Waals surface area contributed by atoms with Crippen molar-refractivity contribution in [1.29, 1.82) is 0 Å². The van der Waals surface area contributed by atoms with Gasteiger partial charge in [-0.15, -0.1) is 0 Å². The topological polar surface area (TPSA) is 38.5 Å². The van der Waals surface area contributed by atoms with Crippen LogP contribution in [0, 0.1) is 5.92 Å². The summed E-state index contributed by atoms with van der Waals surface area (Å²) in [5.74, 6) is 2.89. The monoisotopic (exact) mass is 260 g/mol. The van der Waals surface area contributed by atoms with Gasteiger partial charge in [-0.1, -0.05) is 20.8 Å². The summed E-state index contributed by atoms with van der Waals surface area (Å²) >= 11 is 1.94. The first-order chi connectivity index (χ1) is 8.11. The quantitative estimate of drug-likeness (QED) is 0.758. The third kappa shape index (κ3) is 6.65. The van der Waals surface area contributed by atoms with Crippen LogP contribution in [0.5, 0.6) is 0 Å². The molecule has 1 aliphatic rings. The van der Waals surface area contributed by atoms with Crippen LogP contribution in [0.25, 0.3) is 0 Å². The Morgan fingerprint density at radius 2 is 2.24 bits per heavy atom. The molecule has 0 aliphatic carbocycles. The molecule has 0 aromatic carbocycles. The number of nitrogens with zero attached hydrogens (tertiary/aromatic N) is 1.